The van der Waals surface area contributed by atoms with Crippen LogP contribution in [-0.4, -0.2) is 11.0 Å². The monoisotopic (exact) mass is 264 g/mol. The van der Waals surface area contributed by atoms with Crippen molar-refractivity contribution in [2.45, 2.75) is 0 Å². The smallest absolute Gasteiger partial charge is 0.0149 e. The lowest BCUT2D eigenvalue weighted by Crippen LogP contribution is -0.381. The van der Waals surface area contributed by atoms with E-state index in [0.29, 0.717) is 0 Å². The summed E-state index contributed by atoms with van der Waals surface area (Å²) >= 11 is 0. The summed E-state index contributed by atoms with van der Waals surface area (Å²) in [5.74, 6) is 0. The second-order valence-electron chi connectivity index (χ2n) is 0. The maximum absolute atomic E-state index is 0. The van der Waals surface area contributed by atoms with Crippen molar-refractivity contribution in [3.8, 4) is 0 Å². The SMILES string of the molecule is Br.Br.Cl.Cl.[SiH4]. The van der Waals surface area contributed by atoms with Gasteiger partial charge < -0.3 is 0 Å². The second kappa shape index (κ2) is 42.2. The van der Waals surface area contributed by atoms with Crippen molar-refractivity contribution in [3.63, 3.8) is 0 Å². The van der Waals surface area contributed by atoms with Crippen LogP contribution in [0.15, 0.2) is 0 Å². The van der Waals surface area contributed by atoms with Gasteiger partial charge in [-0.1, -0.05) is 0 Å². The Morgan fingerprint density at radius 2 is 0.600 bits per heavy atom. The molecular weight excluding hydrogens is 259 g/mol. The Balaban J connectivity index is 0. The molecule has 0 saturated carbocycles. The molecule has 0 atom stereocenters. The average molecular weight is 267 g/mol. The first-order chi connectivity index (χ1) is 0. The van der Waals surface area contributed by atoms with Gasteiger partial charge in [-0.2, -0.15) is 0 Å². The van der Waals surface area contributed by atoms with Gasteiger partial charge in [0.15, 0.2) is 0 Å². The van der Waals surface area contributed by atoms with E-state index < -0.39 is 0 Å². The minimum absolute atomic E-state index is 0. The van der Waals surface area contributed by atoms with E-state index in [1.54, 1.807) is 0 Å². The molecule has 0 aliphatic heterocycles. The van der Waals surface area contributed by atoms with Crippen LogP contribution in [0.1, 0.15) is 0 Å². The quantitative estimate of drug-likeness (QED) is 0.562. The Hall–Kier alpha value is 1.76. The highest BCUT2D eigenvalue weighted by molar-refractivity contribution is 8.93. The van der Waals surface area contributed by atoms with Gasteiger partial charge in [-0.3, -0.25) is 0 Å². The van der Waals surface area contributed by atoms with Crippen LogP contribution in [0.5, 0.6) is 0 Å². The normalized spacial score (nSPS) is 0. The lowest BCUT2D eigenvalue weighted by molar-refractivity contribution is 5.75. The van der Waals surface area contributed by atoms with E-state index in [2.05, 4.69) is 0 Å². The molecule has 0 aliphatic rings. The molecule has 0 bridgehead atoms. The predicted octanol–water partition coefficient (Wildman–Crippen LogP) is 0.548. The highest BCUT2D eigenvalue weighted by Gasteiger charge is -0.0148. The van der Waals surface area contributed by atoms with E-state index in [-0.39, 0.29) is 69.7 Å². The van der Waals surface area contributed by atoms with Crippen LogP contribution in [-0.2, 0) is 0 Å². The van der Waals surface area contributed by atoms with E-state index in [1.807, 2.05) is 0 Å². The van der Waals surface area contributed by atoms with Crippen LogP contribution < -0.4 is 0 Å². The number of rotatable bonds is 0. The summed E-state index contributed by atoms with van der Waals surface area (Å²) in [7, 11) is 0. The number of hydrogen-bond acceptors (Lipinski definition) is 0. The first-order valence-corrected chi connectivity index (χ1v) is 0. The summed E-state index contributed by atoms with van der Waals surface area (Å²) < 4.78 is 0. The Labute approximate surface area is 69.5 Å². The Morgan fingerprint density at radius 3 is 0.600 bits per heavy atom. The Morgan fingerprint density at radius 1 is 0.600 bits per heavy atom. The van der Waals surface area contributed by atoms with Gasteiger partial charge in [-0.05, 0) is 11.0 Å². The largest absolute Gasteiger partial charge is 0.147 e. The molecule has 0 aromatic heterocycles. The zero-order chi connectivity index (χ0) is 0. The van der Waals surface area contributed by atoms with Crippen LogP contribution in [0.2, 0.25) is 0 Å². The highest BCUT2D eigenvalue weighted by atomic mass is 79.9. The molecule has 0 amide bonds. The molecule has 0 saturated heterocycles. The van der Waals surface area contributed by atoms with E-state index in [1.165, 1.54) is 0 Å². The van der Waals surface area contributed by atoms with Gasteiger partial charge in [0.1, 0.15) is 0 Å². The van der Waals surface area contributed by atoms with Gasteiger partial charge in [-0.25, -0.2) is 0 Å². The third-order valence-corrected chi connectivity index (χ3v) is 0. The van der Waals surface area contributed by atoms with Crippen LogP contribution in [0, 0.1) is 0 Å². The molecule has 5 heavy (non-hydrogen) atoms. The summed E-state index contributed by atoms with van der Waals surface area (Å²) in [5.41, 5.74) is 0. The second-order valence-corrected chi connectivity index (χ2v) is 0. The first kappa shape index (κ1) is 72.5. The molecule has 0 N–H and O–H groups in total. The molecule has 0 aromatic rings. The third-order valence-electron chi connectivity index (χ3n) is 0. The standard InChI is InChI=1S/2BrH.2ClH.H4Si/h4*1H;1H4. The molecule has 0 spiro atoms. The molecule has 0 radical (unpaired) electrons. The summed E-state index contributed by atoms with van der Waals surface area (Å²) in [5, 5.41) is 0. The van der Waals surface area contributed by atoms with Crippen LogP contribution in [0.3, 0.4) is 0 Å². The summed E-state index contributed by atoms with van der Waals surface area (Å²) in [6.45, 7) is 0. The molecular formula is H8Br2Cl2Si. The Kier molecular flexibility index (Phi) is 612. The number of hydrogen-bond donors (Lipinski definition) is 0. The van der Waals surface area contributed by atoms with Crippen molar-refractivity contribution >= 4 is 69.7 Å². The fourth-order valence-electron chi connectivity index (χ4n) is 0. The van der Waals surface area contributed by atoms with E-state index in [0.717, 1.165) is 0 Å². The van der Waals surface area contributed by atoms with Crippen molar-refractivity contribution in [2.24, 2.45) is 0 Å². The van der Waals surface area contributed by atoms with Crippen LogP contribution in [0.25, 0.3) is 0 Å². The van der Waals surface area contributed by atoms with Crippen LogP contribution >= 0.6 is 58.8 Å². The molecule has 40 valence electrons. The molecule has 0 rings (SSSR count). The van der Waals surface area contributed by atoms with Gasteiger partial charge in [0, 0.05) is 0 Å². The summed E-state index contributed by atoms with van der Waals surface area (Å²) in [6, 6.07) is 0. The minimum Gasteiger partial charge on any atom is -0.147 e. The molecule has 0 heterocycles. The molecule has 0 aromatic carbocycles. The molecule has 0 fully saturated rings. The fourth-order valence-corrected chi connectivity index (χ4v) is 0. The summed E-state index contributed by atoms with van der Waals surface area (Å²) in [4.78, 5) is 0. The minimum atomic E-state index is 0. The molecule has 0 aliphatic carbocycles. The van der Waals surface area contributed by atoms with Gasteiger partial charge >= 0.3 is 0 Å². The topological polar surface area (TPSA) is 0 Å². The van der Waals surface area contributed by atoms with Gasteiger partial charge in [0.25, 0.3) is 0 Å². The Bertz CT molecular complexity index is 7.61. The van der Waals surface area contributed by atoms with Gasteiger partial charge in [-0.15, -0.1) is 58.8 Å². The third kappa shape index (κ3) is 26.3. The van der Waals surface area contributed by atoms with Crippen molar-refractivity contribution in [2.75, 3.05) is 0 Å². The first-order valence-electron chi connectivity index (χ1n) is 0. The molecule has 5 heteroatoms. The van der Waals surface area contributed by atoms with Crippen molar-refractivity contribution in [1.82, 2.24) is 0 Å². The molecule has 0 nitrogen and oxygen atoms in total. The van der Waals surface area contributed by atoms with E-state index in [9.17, 15) is 0 Å². The molecule has 0 unspecified atom stereocenters. The average Bonchev–Trinajstić information content (AvgIpc) is 0. The van der Waals surface area contributed by atoms with Crippen molar-refractivity contribution in [3.05, 3.63) is 0 Å². The zero-order valence-electron chi connectivity index (χ0n) is 1.63. The lowest BCUT2D eigenvalue weighted by Gasteiger charge is -0.148. The van der Waals surface area contributed by atoms with Crippen LogP contribution in [0.4, 0.5) is 0 Å². The van der Waals surface area contributed by atoms with E-state index in [4.69, 9.17) is 0 Å². The van der Waals surface area contributed by atoms with Gasteiger partial charge in [0.05, 0.1) is 0 Å². The maximum atomic E-state index is 0. The maximum Gasteiger partial charge on any atom is -0.0149 e. The summed E-state index contributed by atoms with van der Waals surface area (Å²) in [6.07, 6.45) is 0. The van der Waals surface area contributed by atoms with Crippen molar-refractivity contribution < 1.29 is 0 Å². The number of halogens is 4. The fraction of sp³-hybridized carbons (Fsp3) is 0. The van der Waals surface area contributed by atoms with Crippen molar-refractivity contribution in [1.29, 1.82) is 0 Å². The van der Waals surface area contributed by atoms with Gasteiger partial charge in [0.2, 0.25) is 0 Å². The zero-order valence-corrected chi connectivity index (χ0v) is 6.69. The highest BCUT2D eigenvalue weighted by Crippen LogP contribution is 0.847. The lowest BCUT2D eigenvalue weighted by atomic mass is 28.1. The predicted molar refractivity (Wildman–Crippen MR) is 46.5 cm³/mol. The van der Waals surface area contributed by atoms with E-state index >= 15 is 0 Å².